The number of amides is 1. The molecule has 8 heteroatoms. The maximum absolute atomic E-state index is 12.0. The van der Waals surface area contributed by atoms with Crippen molar-refractivity contribution in [2.45, 2.75) is 12.1 Å². The van der Waals surface area contributed by atoms with Crippen LogP contribution in [0.25, 0.3) is 11.4 Å². The highest BCUT2D eigenvalue weighted by Gasteiger charge is 2.10. The molecule has 3 aromatic rings. The minimum atomic E-state index is -0.190. The molecule has 2 N–H and O–H groups in total. The van der Waals surface area contributed by atoms with Crippen molar-refractivity contribution in [1.82, 2.24) is 15.2 Å². The van der Waals surface area contributed by atoms with E-state index in [4.69, 9.17) is 23.2 Å². The van der Waals surface area contributed by atoms with Gasteiger partial charge >= 0.3 is 0 Å². The van der Waals surface area contributed by atoms with Crippen LogP contribution in [0.15, 0.2) is 47.6 Å². The van der Waals surface area contributed by atoms with Crippen molar-refractivity contribution in [3.8, 4) is 11.4 Å². The number of aryl methyl sites for hydroxylation is 1. The first kappa shape index (κ1) is 17.8. The summed E-state index contributed by atoms with van der Waals surface area (Å²) in [6.45, 7) is 2.02. The highest BCUT2D eigenvalue weighted by Crippen LogP contribution is 2.23. The van der Waals surface area contributed by atoms with Crippen LogP contribution in [0.3, 0.4) is 0 Å². The Kier molecular flexibility index (Phi) is 5.63. The van der Waals surface area contributed by atoms with E-state index in [1.165, 1.54) is 17.3 Å². The Morgan fingerprint density at radius 2 is 1.84 bits per heavy atom. The zero-order valence-electron chi connectivity index (χ0n) is 13.2. The van der Waals surface area contributed by atoms with Gasteiger partial charge in [0.05, 0.1) is 5.75 Å². The number of aromatic amines is 1. The van der Waals surface area contributed by atoms with Crippen molar-refractivity contribution in [3.63, 3.8) is 0 Å². The number of rotatable bonds is 5. The van der Waals surface area contributed by atoms with Crippen LogP contribution in [-0.4, -0.2) is 26.8 Å². The lowest BCUT2D eigenvalue weighted by Crippen LogP contribution is -2.14. The van der Waals surface area contributed by atoms with Crippen LogP contribution in [0.5, 0.6) is 0 Å². The van der Waals surface area contributed by atoms with Crippen LogP contribution in [-0.2, 0) is 4.79 Å². The molecular formula is C17H14Cl2N4OS. The summed E-state index contributed by atoms with van der Waals surface area (Å²) in [5, 5.41) is 11.2. The molecule has 2 aromatic carbocycles. The highest BCUT2D eigenvalue weighted by atomic mass is 35.5. The number of nitrogens with one attached hydrogen (secondary N) is 2. The van der Waals surface area contributed by atoms with Crippen molar-refractivity contribution in [3.05, 3.63) is 58.1 Å². The number of H-pyrrole nitrogens is 1. The molecule has 0 unspecified atom stereocenters. The molecule has 25 heavy (non-hydrogen) atoms. The maximum atomic E-state index is 12.0. The summed E-state index contributed by atoms with van der Waals surface area (Å²) >= 11 is 13.1. The molecule has 0 aliphatic heterocycles. The van der Waals surface area contributed by atoms with E-state index >= 15 is 0 Å². The molecule has 0 aliphatic carbocycles. The number of thioether (sulfide) groups is 1. The Morgan fingerprint density at radius 1 is 1.16 bits per heavy atom. The largest absolute Gasteiger partial charge is 0.325 e. The molecular weight excluding hydrogens is 379 g/mol. The first-order valence-electron chi connectivity index (χ1n) is 7.38. The smallest absolute Gasteiger partial charge is 0.234 e. The molecule has 0 atom stereocenters. The van der Waals surface area contributed by atoms with Crippen LogP contribution in [0, 0.1) is 6.92 Å². The van der Waals surface area contributed by atoms with Gasteiger partial charge < -0.3 is 5.32 Å². The van der Waals surface area contributed by atoms with Crippen LogP contribution < -0.4 is 5.32 Å². The fraction of sp³-hybridized carbons (Fsp3) is 0.118. The van der Waals surface area contributed by atoms with Gasteiger partial charge in [0.25, 0.3) is 0 Å². The van der Waals surface area contributed by atoms with Crippen molar-refractivity contribution in [2.75, 3.05) is 11.1 Å². The fourth-order valence-corrected chi connectivity index (χ4v) is 3.23. The van der Waals surface area contributed by atoms with E-state index in [2.05, 4.69) is 20.5 Å². The van der Waals surface area contributed by atoms with Crippen LogP contribution in [0.4, 0.5) is 5.69 Å². The molecule has 5 nitrogen and oxygen atoms in total. The van der Waals surface area contributed by atoms with Crippen molar-refractivity contribution >= 4 is 46.6 Å². The zero-order valence-corrected chi connectivity index (χ0v) is 15.5. The van der Waals surface area contributed by atoms with E-state index in [0.29, 0.717) is 26.7 Å². The Labute approximate surface area is 159 Å². The topological polar surface area (TPSA) is 70.7 Å². The second-order valence-corrected chi connectivity index (χ2v) is 7.14. The molecule has 0 radical (unpaired) electrons. The highest BCUT2D eigenvalue weighted by molar-refractivity contribution is 7.99. The average molecular weight is 393 g/mol. The molecule has 1 amide bonds. The number of nitrogens with zero attached hydrogens (tertiary/aromatic N) is 2. The number of hydrogen-bond acceptors (Lipinski definition) is 4. The summed E-state index contributed by atoms with van der Waals surface area (Å²) in [5.74, 6) is 0.657. The van der Waals surface area contributed by atoms with E-state index < -0.39 is 0 Å². The number of hydrogen-bond donors (Lipinski definition) is 2. The lowest BCUT2D eigenvalue weighted by Gasteiger charge is -2.05. The Balaban J connectivity index is 1.58. The van der Waals surface area contributed by atoms with E-state index in [9.17, 15) is 4.79 Å². The van der Waals surface area contributed by atoms with Gasteiger partial charge in [0, 0.05) is 21.3 Å². The van der Waals surface area contributed by atoms with E-state index in [1.807, 2.05) is 31.2 Å². The number of carbonyl (C=O) groups is 1. The third-order valence-corrected chi connectivity index (χ3v) is 4.55. The van der Waals surface area contributed by atoms with Gasteiger partial charge in [-0.3, -0.25) is 9.89 Å². The summed E-state index contributed by atoms with van der Waals surface area (Å²) in [5.41, 5.74) is 2.68. The summed E-state index contributed by atoms with van der Waals surface area (Å²) in [7, 11) is 0. The summed E-state index contributed by atoms with van der Waals surface area (Å²) in [4.78, 5) is 16.4. The lowest BCUT2D eigenvalue weighted by atomic mass is 10.1. The predicted molar refractivity (Wildman–Crippen MR) is 102 cm³/mol. The Bertz CT molecular complexity index is 876. The third kappa shape index (κ3) is 4.98. The monoisotopic (exact) mass is 392 g/mol. The molecule has 1 aromatic heterocycles. The minimum absolute atomic E-state index is 0.176. The maximum Gasteiger partial charge on any atom is 0.234 e. The van der Waals surface area contributed by atoms with Crippen molar-refractivity contribution in [2.24, 2.45) is 0 Å². The molecule has 0 aliphatic rings. The average Bonchev–Trinajstić information content (AvgIpc) is 3.01. The molecule has 3 rings (SSSR count). The second-order valence-electron chi connectivity index (χ2n) is 5.33. The van der Waals surface area contributed by atoms with Gasteiger partial charge in [-0.2, -0.15) is 0 Å². The van der Waals surface area contributed by atoms with Gasteiger partial charge in [0.1, 0.15) is 0 Å². The molecule has 0 saturated heterocycles. The number of benzene rings is 2. The van der Waals surface area contributed by atoms with Crippen LogP contribution in [0.1, 0.15) is 5.56 Å². The van der Waals surface area contributed by atoms with Gasteiger partial charge in [0.2, 0.25) is 11.1 Å². The number of halogens is 2. The summed E-state index contributed by atoms with van der Waals surface area (Å²) in [6, 6.07) is 12.8. The third-order valence-electron chi connectivity index (χ3n) is 3.27. The normalized spacial score (nSPS) is 10.7. The summed E-state index contributed by atoms with van der Waals surface area (Å²) in [6.07, 6.45) is 0. The first-order valence-corrected chi connectivity index (χ1v) is 9.12. The summed E-state index contributed by atoms with van der Waals surface area (Å²) < 4.78 is 0. The molecule has 0 saturated carbocycles. The molecule has 0 fully saturated rings. The number of carbonyl (C=O) groups excluding carboxylic acids is 1. The van der Waals surface area contributed by atoms with Crippen LogP contribution >= 0.6 is 35.0 Å². The van der Waals surface area contributed by atoms with E-state index in [1.54, 1.807) is 18.2 Å². The Morgan fingerprint density at radius 3 is 2.52 bits per heavy atom. The zero-order chi connectivity index (χ0) is 17.8. The first-order chi connectivity index (χ1) is 12.0. The molecule has 0 bridgehead atoms. The van der Waals surface area contributed by atoms with Crippen LogP contribution in [0.2, 0.25) is 10.0 Å². The molecule has 1 heterocycles. The van der Waals surface area contributed by atoms with E-state index in [-0.39, 0.29) is 11.7 Å². The SMILES string of the molecule is Cc1ccc(-c2nc(SCC(=O)Nc3cc(Cl)cc(Cl)c3)n[nH]2)cc1. The van der Waals surface area contributed by atoms with Crippen molar-refractivity contribution in [1.29, 1.82) is 0 Å². The lowest BCUT2D eigenvalue weighted by molar-refractivity contribution is -0.113. The van der Waals surface area contributed by atoms with E-state index in [0.717, 1.165) is 5.56 Å². The van der Waals surface area contributed by atoms with Gasteiger partial charge in [-0.05, 0) is 25.1 Å². The van der Waals surface area contributed by atoms with Gasteiger partial charge in [-0.25, -0.2) is 4.98 Å². The predicted octanol–water partition coefficient (Wildman–Crippen LogP) is 4.82. The quantitative estimate of drug-likeness (QED) is 0.610. The minimum Gasteiger partial charge on any atom is -0.325 e. The fourth-order valence-electron chi connectivity index (χ4n) is 2.10. The molecule has 0 spiro atoms. The Hall–Kier alpha value is -2.02. The van der Waals surface area contributed by atoms with Crippen molar-refractivity contribution < 1.29 is 4.79 Å². The second kappa shape index (κ2) is 7.91. The van der Waals surface area contributed by atoms with Gasteiger partial charge in [0.15, 0.2) is 5.82 Å². The number of aromatic nitrogens is 3. The standard InChI is InChI=1S/C17H14Cl2N4OS/c1-10-2-4-11(5-3-10)16-21-17(23-22-16)25-9-15(24)20-14-7-12(18)6-13(19)8-14/h2-8H,9H2,1H3,(H,20,24)(H,21,22,23). The molecule has 128 valence electrons. The van der Waals surface area contributed by atoms with Gasteiger partial charge in [-0.1, -0.05) is 64.8 Å². The van der Waals surface area contributed by atoms with Gasteiger partial charge in [-0.15, -0.1) is 5.10 Å². The number of anilines is 1.